The third kappa shape index (κ3) is 6.06. The van der Waals surface area contributed by atoms with Gasteiger partial charge in [0.1, 0.15) is 11.3 Å². The van der Waals surface area contributed by atoms with Crippen molar-refractivity contribution in [2.75, 3.05) is 13.7 Å². The molecule has 9 heteroatoms. The van der Waals surface area contributed by atoms with Gasteiger partial charge in [-0.15, -0.1) is 0 Å². The van der Waals surface area contributed by atoms with E-state index in [4.69, 9.17) is 18.8 Å². The minimum absolute atomic E-state index is 0.140. The van der Waals surface area contributed by atoms with Crippen LogP contribution in [0, 0.1) is 0 Å². The molecule has 0 aliphatic carbocycles. The molecule has 2 rings (SSSR count). The Morgan fingerprint density at radius 3 is 2.33 bits per heavy atom. The molecule has 0 unspecified atom stereocenters. The van der Waals surface area contributed by atoms with Crippen LogP contribution in [0.4, 0.5) is 4.79 Å². The van der Waals surface area contributed by atoms with Crippen LogP contribution < -0.4 is 5.32 Å². The third-order valence-electron chi connectivity index (χ3n) is 4.92. The lowest BCUT2D eigenvalue weighted by atomic mass is 9.77. The predicted molar refractivity (Wildman–Crippen MR) is 114 cm³/mol. The highest BCUT2D eigenvalue weighted by molar-refractivity contribution is 6.56. The molecule has 30 heavy (non-hydrogen) atoms. The first-order valence-corrected chi connectivity index (χ1v) is 9.81. The lowest BCUT2D eigenvalue weighted by molar-refractivity contribution is 0.00578. The first-order valence-electron chi connectivity index (χ1n) is 9.81. The van der Waals surface area contributed by atoms with Crippen LogP contribution in [-0.2, 0) is 18.8 Å². The van der Waals surface area contributed by atoms with Crippen LogP contribution in [0.25, 0.3) is 6.08 Å². The number of nitrogens with one attached hydrogen (secondary N) is 1. The number of nitrogens with zero attached hydrogens (tertiary/aromatic N) is 1. The van der Waals surface area contributed by atoms with E-state index in [1.807, 2.05) is 27.7 Å². The molecule has 2 heterocycles. The van der Waals surface area contributed by atoms with E-state index in [0.29, 0.717) is 11.0 Å². The zero-order chi connectivity index (χ0) is 22.7. The van der Waals surface area contributed by atoms with Gasteiger partial charge in [0.05, 0.1) is 18.3 Å². The Labute approximate surface area is 178 Å². The fourth-order valence-electron chi connectivity index (χ4n) is 2.65. The molecule has 1 fully saturated rings. The summed E-state index contributed by atoms with van der Waals surface area (Å²) in [4.78, 5) is 28.0. The Hall–Kier alpha value is -2.39. The Morgan fingerprint density at radius 2 is 1.80 bits per heavy atom. The lowest BCUT2D eigenvalue weighted by Crippen LogP contribution is -2.41. The maximum absolute atomic E-state index is 12.2. The van der Waals surface area contributed by atoms with Gasteiger partial charge >= 0.3 is 19.2 Å². The number of alkyl carbamates (subject to hydrolysis) is 1. The monoisotopic (exact) mass is 418 g/mol. The normalized spacial score (nSPS) is 18.1. The fourth-order valence-corrected chi connectivity index (χ4v) is 2.65. The van der Waals surface area contributed by atoms with Crippen molar-refractivity contribution in [3.05, 3.63) is 35.1 Å². The molecule has 8 nitrogen and oxygen atoms in total. The summed E-state index contributed by atoms with van der Waals surface area (Å²) >= 11 is 0. The van der Waals surface area contributed by atoms with Crippen LogP contribution in [0.2, 0.25) is 0 Å². The van der Waals surface area contributed by atoms with Crippen LogP contribution in [0.5, 0.6) is 0 Å². The quantitative estimate of drug-likeness (QED) is 0.578. The van der Waals surface area contributed by atoms with Crippen molar-refractivity contribution in [2.45, 2.75) is 65.3 Å². The number of pyridine rings is 1. The lowest BCUT2D eigenvalue weighted by Gasteiger charge is -2.32. The first-order chi connectivity index (χ1) is 13.7. The number of hydrogen-bond donors (Lipinski definition) is 1. The second kappa shape index (κ2) is 8.77. The molecule has 1 aliphatic heterocycles. The number of carbonyl (C=O) groups is 2. The summed E-state index contributed by atoms with van der Waals surface area (Å²) in [6.45, 7) is 13.3. The van der Waals surface area contributed by atoms with E-state index in [1.165, 1.54) is 13.3 Å². The number of esters is 1. The summed E-state index contributed by atoms with van der Waals surface area (Å²) in [6.07, 6.45) is 2.77. The second-order valence-electron chi connectivity index (χ2n) is 9.13. The summed E-state index contributed by atoms with van der Waals surface area (Å²) in [5.41, 5.74) is -0.156. The number of rotatable bonds is 5. The van der Waals surface area contributed by atoms with E-state index in [-0.39, 0.29) is 12.2 Å². The molecule has 1 aromatic rings. The average molecular weight is 418 g/mol. The van der Waals surface area contributed by atoms with Gasteiger partial charge in [-0.2, -0.15) is 0 Å². The number of methoxy groups -OCH3 is 1. The van der Waals surface area contributed by atoms with Crippen LogP contribution >= 0.6 is 0 Å². The number of ether oxygens (including phenoxy) is 2. The van der Waals surface area contributed by atoms with Gasteiger partial charge in [-0.1, -0.05) is 6.08 Å². The average Bonchev–Trinajstić information content (AvgIpc) is 2.84. The molecule has 1 saturated heterocycles. The third-order valence-corrected chi connectivity index (χ3v) is 4.92. The van der Waals surface area contributed by atoms with Crippen molar-refractivity contribution in [3.63, 3.8) is 0 Å². The van der Waals surface area contributed by atoms with E-state index >= 15 is 0 Å². The summed E-state index contributed by atoms with van der Waals surface area (Å²) in [7, 11) is 0.618. The standard InChI is InChI=1S/C21H31BN2O6/c1-19(2,3)28-18(26)24-13-15(22-29-20(4,5)21(6,7)30-22)11-14-9-10-23-16(12-14)17(25)27-8/h9-12H,13H2,1-8H3,(H,24,26). The molecule has 1 N–H and O–H groups in total. The van der Waals surface area contributed by atoms with Crippen LogP contribution in [0.3, 0.4) is 0 Å². The van der Waals surface area contributed by atoms with Gasteiger partial charge in [0.2, 0.25) is 0 Å². The van der Waals surface area contributed by atoms with E-state index in [1.54, 1.807) is 39.0 Å². The van der Waals surface area contributed by atoms with E-state index in [2.05, 4.69) is 10.3 Å². The summed E-state index contributed by atoms with van der Waals surface area (Å²) in [5.74, 6) is -0.533. The molecular weight excluding hydrogens is 387 g/mol. The van der Waals surface area contributed by atoms with E-state index in [0.717, 1.165) is 0 Å². The highest BCUT2D eigenvalue weighted by atomic mass is 16.7. The number of aromatic nitrogens is 1. The predicted octanol–water partition coefficient (Wildman–Crippen LogP) is 3.41. The Balaban J connectivity index is 2.31. The number of amides is 1. The number of carbonyl (C=O) groups excluding carboxylic acids is 2. The van der Waals surface area contributed by atoms with Gasteiger partial charge in [-0.3, -0.25) is 0 Å². The molecule has 1 amide bonds. The van der Waals surface area contributed by atoms with Crippen molar-refractivity contribution in [2.24, 2.45) is 0 Å². The molecule has 1 aliphatic rings. The molecule has 164 valence electrons. The van der Waals surface area contributed by atoms with Gasteiger partial charge in [-0.25, -0.2) is 14.6 Å². The van der Waals surface area contributed by atoms with Gasteiger partial charge in [0.25, 0.3) is 0 Å². The smallest absolute Gasteiger partial charge is 0.464 e. The minimum Gasteiger partial charge on any atom is -0.464 e. The second-order valence-corrected chi connectivity index (χ2v) is 9.13. The molecule has 0 atom stereocenters. The van der Waals surface area contributed by atoms with E-state index < -0.39 is 36.0 Å². The molecule has 1 aromatic heterocycles. The Kier molecular flexibility index (Phi) is 6.99. The first kappa shape index (κ1) is 23.9. The summed E-state index contributed by atoms with van der Waals surface area (Å²) in [6, 6.07) is 3.34. The topological polar surface area (TPSA) is 96.0 Å². The zero-order valence-electron chi connectivity index (χ0n) is 19.0. The summed E-state index contributed by atoms with van der Waals surface area (Å²) in [5, 5.41) is 2.74. The van der Waals surface area contributed by atoms with Crippen molar-refractivity contribution in [3.8, 4) is 0 Å². The van der Waals surface area contributed by atoms with Gasteiger partial charge < -0.3 is 24.1 Å². The van der Waals surface area contributed by atoms with Crippen LogP contribution in [0.15, 0.2) is 23.8 Å². The Bertz CT molecular complexity index is 813. The molecule has 0 saturated carbocycles. The largest absolute Gasteiger partial charge is 0.492 e. The van der Waals surface area contributed by atoms with Crippen molar-refractivity contribution < 1.29 is 28.4 Å². The van der Waals surface area contributed by atoms with Crippen LogP contribution in [-0.4, -0.2) is 54.6 Å². The van der Waals surface area contributed by atoms with Gasteiger partial charge in [-0.05, 0) is 71.6 Å². The van der Waals surface area contributed by atoms with Gasteiger partial charge in [0, 0.05) is 12.7 Å². The summed E-state index contributed by atoms with van der Waals surface area (Å²) < 4.78 is 22.3. The minimum atomic E-state index is -0.681. The highest BCUT2D eigenvalue weighted by Crippen LogP contribution is 2.38. The molecule has 0 spiro atoms. The Morgan fingerprint density at radius 1 is 1.20 bits per heavy atom. The number of hydrogen-bond acceptors (Lipinski definition) is 7. The fraction of sp³-hybridized carbons (Fsp3) is 0.571. The zero-order valence-corrected chi connectivity index (χ0v) is 19.0. The molecular formula is C21H31BN2O6. The highest BCUT2D eigenvalue weighted by Gasteiger charge is 2.52. The SMILES string of the molecule is COC(=O)c1cc(C=C(CNC(=O)OC(C)(C)C)B2OC(C)(C)C(C)(C)O2)ccn1. The van der Waals surface area contributed by atoms with Crippen LogP contribution in [0.1, 0.15) is 64.5 Å². The molecule has 0 bridgehead atoms. The van der Waals surface area contributed by atoms with Crippen molar-refractivity contribution >= 4 is 25.3 Å². The van der Waals surface area contributed by atoms with E-state index in [9.17, 15) is 9.59 Å². The van der Waals surface area contributed by atoms with Crippen molar-refractivity contribution in [1.82, 2.24) is 10.3 Å². The molecule has 0 aromatic carbocycles. The van der Waals surface area contributed by atoms with Gasteiger partial charge in [0.15, 0.2) is 0 Å². The molecule has 0 radical (unpaired) electrons. The maximum atomic E-state index is 12.2. The van der Waals surface area contributed by atoms with Crippen molar-refractivity contribution in [1.29, 1.82) is 0 Å². The maximum Gasteiger partial charge on any atom is 0.492 e.